The highest BCUT2D eigenvalue weighted by Gasteiger charge is 2.31. The summed E-state index contributed by atoms with van der Waals surface area (Å²) in [6, 6.07) is 0. The Morgan fingerprint density at radius 2 is 2.15 bits per heavy atom. The zero-order valence-electron chi connectivity index (χ0n) is 12.2. The molecule has 2 fully saturated rings. The van der Waals surface area contributed by atoms with E-state index in [4.69, 9.17) is 9.72 Å². The van der Waals surface area contributed by atoms with Gasteiger partial charge in [0.15, 0.2) is 0 Å². The van der Waals surface area contributed by atoms with Crippen molar-refractivity contribution in [2.75, 3.05) is 19.8 Å². The first-order chi connectivity index (χ1) is 9.92. The van der Waals surface area contributed by atoms with E-state index in [1.54, 1.807) is 0 Å². The molecule has 0 aromatic carbocycles. The van der Waals surface area contributed by atoms with Gasteiger partial charge in [0.25, 0.3) is 0 Å². The second-order valence-corrected chi connectivity index (χ2v) is 6.59. The normalized spacial score (nSPS) is 22.0. The molecular weight excluding hydrogens is 250 g/mol. The van der Waals surface area contributed by atoms with Crippen molar-refractivity contribution in [1.82, 2.24) is 14.9 Å². The lowest BCUT2D eigenvalue weighted by atomic mass is 10.2. The Kier molecular flexibility index (Phi) is 3.52. The van der Waals surface area contributed by atoms with E-state index in [1.165, 1.54) is 42.9 Å². The fraction of sp³-hybridized carbons (Fsp3) is 0.812. The summed E-state index contributed by atoms with van der Waals surface area (Å²) in [6.07, 6.45) is 7.70. The lowest BCUT2D eigenvalue weighted by Gasteiger charge is -2.16. The Morgan fingerprint density at radius 3 is 2.95 bits per heavy atom. The van der Waals surface area contributed by atoms with Gasteiger partial charge < -0.3 is 14.6 Å². The molecule has 0 saturated heterocycles. The van der Waals surface area contributed by atoms with Crippen LogP contribution in [0.15, 0.2) is 0 Å². The van der Waals surface area contributed by atoms with Crippen molar-refractivity contribution in [3.05, 3.63) is 17.2 Å². The summed E-state index contributed by atoms with van der Waals surface area (Å²) in [7, 11) is 0. The molecule has 0 atom stereocenters. The van der Waals surface area contributed by atoms with E-state index < -0.39 is 0 Å². The predicted molar refractivity (Wildman–Crippen MR) is 77.8 cm³/mol. The molecular formula is C16H25N3O. The number of ether oxygens (including phenoxy) is 1. The Balaban J connectivity index is 1.38. The maximum absolute atomic E-state index is 5.77. The highest BCUT2D eigenvalue weighted by Crippen LogP contribution is 2.40. The first kappa shape index (κ1) is 12.8. The number of hydrogen-bond donors (Lipinski definition) is 1. The zero-order chi connectivity index (χ0) is 13.4. The summed E-state index contributed by atoms with van der Waals surface area (Å²) in [6.45, 7) is 5.05. The van der Waals surface area contributed by atoms with Crippen LogP contribution < -0.4 is 5.32 Å². The average Bonchev–Trinajstić information content (AvgIpc) is 3.37. The fourth-order valence-corrected chi connectivity index (χ4v) is 3.15. The molecule has 4 nitrogen and oxygen atoms in total. The van der Waals surface area contributed by atoms with Crippen LogP contribution in [0.2, 0.25) is 0 Å². The van der Waals surface area contributed by atoms with Gasteiger partial charge in [-0.05, 0) is 38.0 Å². The highest BCUT2D eigenvalue weighted by atomic mass is 16.5. The minimum Gasteiger partial charge on any atom is -0.381 e. The van der Waals surface area contributed by atoms with Crippen molar-refractivity contribution in [3.8, 4) is 0 Å². The maximum atomic E-state index is 5.77. The molecule has 0 radical (unpaired) electrons. The number of fused-ring (bicyclic) bond motifs is 1. The van der Waals surface area contributed by atoms with Crippen LogP contribution in [0.1, 0.15) is 55.2 Å². The summed E-state index contributed by atoms with van der Waals surface area (Å²) in [5, 5.41) is 3.44. The van der Waals surface area contributed by atoms with Crippen molar-refractivity contribution in [1.29, 1.82) is 0 Å². The standard InChI is InChI=1S/C16H25N3O/c1(9-20-11-12-2-3-12)8-19-15-6-7-17-10-14(15)18-16(19)13-4-5-13/h12-13,17H,1-11H2. The topological polar surface area (TPSA) is 39.1 Å². The van der Waals surface area contributed by atoms with E-state index in [-0.39, 0.29) is 0 Å². The van der Waals surface area contributed by atoms with E-state index in [2.05, 4.69) is 9.88 Å². The number of imidazole rings is 1. The Morgan fingerprint density at radius 1 is 1.25 bits per heavy atom. The van der Waals surface area contributed by atoms with Crippen LogP contribution in [0.3, 0.4) is 0 Å². The van der Waals surface area contributed by atoms with Crippen molar-refractivity contribution in [2.45, 2.75) is 57.5 Å². The molecule has 20 heavy (non-hydrogen) atoms. The first-order valence-electron chi connectivity index (χ1n) is 8.28. The molecule has 0 amide bonds. The molecule has 0 unspecified atom stereocenters. The van der Waals surface area contributed by atoms with Crippen molar-refractivity contribution in [3.63, 3.8) is 0 Å². The molecule has 1 aromatic rings. The van der Waals surface area contributed by atoms with Crippen LogP contribution in [-0.2, 0) is 24.2 Å². The fourth-order valence-electron chi connectivity index (χ4n) is 3.15. The number of aromatic nitrogens is 2. The van der Waals surface area contributed by atoms with Gasteiger partial charge in [-0.1, -0.05) is 0 Å². The van der Waals surface area contributed by atoms with Crippen LogP contribution in [0.25, 0.3) is 0 Å². The van der Waals surface area contributed by atoms with Crippen molar-refractivity contribution in [2.24, 2.45) is 5.92 Å². The lowest BCUT2D eigenvalue weighted by molar-refractivity contribution is 0.119. The maximum Gasteiger partial charge on any atom is 0.112 e. The van der Waals surface area contributed by atoms with E-state index in [0.717, 1.165) is 57.5 Å². The van der Waals surface area contributed by atoms with Gasteiger partial charge in [0.2, 0.25) is 0 Å². The summed E-state index contributed by atoms with van der Waals surface area (Å²) >= 11 is 0. The smallest absolute Gasteiger partial charge is 0.112 e. The molecule has 110 valence electrons. The number of nitrogens with zero attached hydrogens (tertiary/aromatic N) is 2. The third-order valence-corrected chi connectivity index (χ3v) is 4.68. The molecule has 2 aliphatic carbocycles. The summed E-state index contributed by atoms with van der Waals surface area (Å²) in [5.41, 5.74) is 2.80. The van der Waals surface area contributed by atoms with Gasteiger partial charge in [-0.2, -0.15) is 0 Å². The van der Waals surface area contributed by atoms with Gasteiger partial charge in [-0.15, -0.1) is 0 Å². The van der Waals surface area contributed by atoms with Gasteiger partial charge >= 0.3 is 0 Å². The molecule has 3 aliphatic rings. The Bertz CT molecular complexity index is 474. The number of rotatable bonds is 7. The molecule has 0 spiro atoms. The van der Waals surface area contributed by atoms with E-state index in [0.29, 0.717) is 0 Å². The molecule has 2 heterocycles. The number of hydrogen-bond acceptors (Lipinski definition) is 3. The van der Waals surface area contributed by atoms with Crippen molar-refractivity contribution < 1.29 is 4.74 Å². The van der Waals surface area contributed by atoms with Gasteiger partial charge in [0, 0.05) is 50.9 Å². The quantitative estimate of drug-likeness (QED) is 0.776. The predicted octanol–water partition coefficient (Wildman–Crippen LogP) is 2.22. The Hall–Kier alpha value is -0.870. The van der Waals surface area contributed by atoms with E-state index in [9.17, 15) is 0 Å². The first-order valence-corrected chi connectivity index (χ1v) is 8.28. The van der Waals surface area contributed by atoms with Gasteiger partial charge in [-0.3, -0.25) is 0 Å². The molecule has 1 N–H and O–H groups in total. The molecule has 4 rings (SSSR count). The summed E-state index contributed by atoms with van der Waals surface area (Å²) in [5.74, 6) is 2.98. The minimum atomic E-state index is 0.744. The lowest BCUT2D eigenvalue weighted by Crippen LogP contribution is -2.25. The Labute approximate surface area is 120 Å². The summed E-state index contributed by atoms with van der Waals surface area (Å²) < 4.78 is 8.29. The van der Waals surface area contributed by atoms with Crippen LogP contribution in [0.4, 0.5) is 0 Å². The van der Waals surface area contributed by atoms with Crippen molar-refractivity contribution >= 4 is 0 Å². The van der Waals surface area contributed by atoms with Gasteiger partial charge in [-0.25, -0.2) is 4.98 Å². The molecule has 1 aliphatic heterocycles. The molecule has 2 saturated carbocycles. The van der Waals surface area contributed by atoms with E-state index >= 15 is 0 Å². The molecule has 4 heteroatoms. The third kappa shape index (κ3) is 2.77. The van der Waals surface area contributed by atoms with Gasteiger partial charge in [0.1, 0.15) is 5.82 Å². The second-order valence-electron chi connectivity index (χ2n) is 6.59. The zero-order valence-corrected chi connectivity index (χ0v) is 12.2. The monoisotopic (exact) mass is 275 g/mol. The second kappa shape index (κ2) is 5.49. The average molecular weight is 275 g/mol. The van der Waals surface area contributed by atoms with Gasteiger partial charge in [0.05, 0.1) is 5.69 Å². The molecule has 1 aromatic heterocycles. The highest BCUT2D eigenvalue weighted by molar-refractivity contribution is 5.24. The third-order valence-electron chi connectivity index (χ3n) is 4.68. The minimum absolute atomic E-state index is 0.744. The largest absolute Gasteiger partial charge is 0.381 e. The van der Waals surface area contributed by atoms with Crippen LogP contribution in [0.5, 0.6) is 0 Å². The molecule has 0 bridgehead atoms. The SMILES string of the molecule is C(COCC1CC1)Cn1c(C2CC2)nc2c1CCNC2. The van der Waals surface area contributed by atoms with Crippen LogP contribution in [-0.4, -0.2) is 29.3 Å². The summed E-state index contributed by atoms with van der Waals surface area (Å²) in [4.78, 5) is 4.91. The van der Waals surface area contributed by atoms with Crippen LogP contribution >= 0.6 is 0 Å². The van der Waals surface area contributed by atoms with E-state index in [1.807, 2.05) is 0 Å². The van der Waals surface area contributed by atoms with Crippen LogP contribution in [0, 0.1) is 5.92 Å². The number of nitrogens with one attached hydrogen (secondary N) is 1.